The van der Waals surface area contributed by atoms with Crippen molar-refractivity contribution in [3.05, 3.63) is 52.3 Å². The van der Waals surface area contributed by atoms with Gasteiger partial charge in [0.15, 0.2) is 0 Å². The van der Waals surface area contributed by atoms with E-state index in [1.807, 2.05) is 13.0 Å². The van der Waals surface area contributed by atoms with Crippen molar-refractivity contribution in [2.75, 3.05) is 16.8 Å². The van der Waals surface area contributed by atoms with Crippen LogP contribution in [0.4, 0.5) is 11.4 Å². The minimum Gasteiger partial charge on any atom is -0.323 e. The first kappa shape index (κ1) is 13.8. The van der Waals surface area contributed by atoms with E-state index in [1.54, 1.807) is 24.4 Å². The molecule has 6 heteroatoms. The molecule has 1 aromatic carbocycles. The van der Waals surface area contributed by atoms with Gasteiger partial charge in [-0.25, -0.2) is 0 Å². The van der Waals surface area contributed by atoms with Gasteiger partial charge in [-0.2, -0.15) is 0 Å². The quantitative estimate of drug-likeness (QED) is 0.864. The maximum Gasteiger partial charge on any atom is 0.260 e. The number of nitrogens with zero attached hydrogens (tertiary/aromatic N) is 2. The van der Waals surface area contributed by atoms with Crippen molar-refractivity contribution < 1.29 is 9.59 Å². The van der Waals surface area contributed by atoms with E-state index in [0.29, 0.717) is 16.9 Å². The van der Waals surface area contributed by atoms with Gasteiger partial charge in [0.25, 0.3) is 5.91 Å². The Morgan fingerprint density at radius 2 is 2.14 bits per heavy atom. The number of aryl methyl sites for hydroxylation is 1. The van der Waals surface area contributed by atoms with Gasteiger partial charge in [-0.05, 0) is 36.8 Å². The van der Waals surface area contributed by atoms with Gasteiger partial charge in [-0.15, -0.1) is 0 Å². The Hall–Kier alpha value is -2.21. The minimum absolute atomic E-state index is 0.00140. The van der Waals surface area contributed by atoms with Crippen LogP contribution in [0.1, 0.15) is 15.9 Å². The Balaban J connectivity index is 2.03. The average Bonchev–Trinajstić information content (AvgIpc) is 2.45. The van der Waals surface area contributed by atoms with E-state index in [4.69, 9.17) is 0 Å². The first-order valence-corrected chi connectivity index (χ1v) is 7.17. The summed E-state index contributed by atoms with van der Waals surface area (Å²) in [6, 6.07) is 7.19. The van der Waals surface area contributed by atoms with Crippen LogP contribution in [0.2, 0.25) is 0 Å². The lowest BCUT2D eigenvalue weighted by Gasteiger charge is -2.29. The summed E-state index contributed by atoms with van der Waals surface area (Å²) in [6.07, 6.45) is 3.20. The third-order valence-corrected chi connectivity index (χ3v) is 3.69. The zero-order valence-corrected chi connectivity index (χ0v) is 12.8. The van der Waals surface area contributed by atoms with Gasteiger partial charge in [-0.3, -0.25) is 19.5 Å². The van der Waals surface area contributed by atoms with Crippen LogP contribution in [0.25, 0.3) is 0 Å². The third-order valence-electron chi connectivity index (χ3n) is 3.19. The molecule has 2 aromatic rings. The highest BCUT2D eigenvalue weighted by atomic mass is 79.9. The van der Waals surface area contributed by atoms with Crippen LogP contribution in [-0.2, 0) is 4.79 Å². The van der Waals surface area contributed by atoms with E-state index in [0.717, 1.165) is 10.0 Å². The minimum atomic E-state index is -0.232. The Kier molecular flexibility index (Phi) is 3.47. The summed E-state index contributed by atoms with van der Waals surface area (Å²) >= 11 is 3.36. The molecule has 5 nitrogen and oxygen atoms in total. The van der Waals surface area contributed by atoms with Crippen molar-refractivity contribution in [1.82, 2.24) is 4.98 Å². The molecule has 0 atom stereocenters. The summed E-state index contributed by atoms with van der Waals surface area (Å²) in [5.74, 6) is -0.445. The lowest BCUT2D eigenvalue weighted by molar-refractivity contribution is -0.115. The molecule has 2 heterocycles. The normalized spacial score (nSPS) is 13.6. The summed E-state index contributed by atoms with van der Waals surface area (Å²) in [6.45, 7) is 1.87. The number of pyridine rings is 1. The van der Waals surface area contributed by atoms with Gasteiger partial charge in [0, 0.05) is 16.9 Å². The van der Waals surface area contributed by atoms with Crippen LogP contribution in [0.15, 0.2) is 41.1 Å². The number of amides is 2. The van der Waals surface area contributed by atoms with Crippen molar-refractivity contribution in [2.45, 2.75) is 6.92 Å². The van der Waals surface area contributed by atoms with Gasteiger partial charge < -0.3 is 5.32 Å². The highest BCUT2D eigenvalue weighted by molar-refractivity contribution is 9.10. The second-order valence-corrected chi connectivity index (χ2v) is 5.77. The first-order chi connectivity index (χ1) is 10.0. The molecule has 0 fully saturated rings. The standard InChI is InChI=1S/C15H12BrN3O2/c1-9-4-10(7-17-6-9)15(21)19-8-14(20)18-12-5-11(16)2-3-13(12)19/h2-7H,8H2,1H3,(H,18,20). The summed E-state index contributed by atoms with van der Waals surface area (Å²) < 4.78 is 0.841. The van der Waals surface area contributed by atoms with Gasteiger partial charge in [0.05, 0.1) is 16.9 Å². The first-order valence-electron chi connectivity index (χ1n) is 6.37. The van der Waals surface area contributed by atoms with E-state index in [9.17, 15) is 9.59 Å². The molecule has 106 valence electrons. The molecule has 1 N–H and O–H groups in total. The van der Waals surface area contributed by atoms with E-state index in [2.05, 4.69) is 26.2 Å². The Bertz CT molecular complexity index is 745. The lowest BCUT2D eigenvalue weighted by atomic mass is 10.1. The zero-order valence-electron chi connectivity index (χ0n) is 11.3. The fraction of sp³-hybridized carbons (Fsp3) is 0.133. The van der Waals surface area contributed by atoms with Crippen LogP contribution in [-0.4, -0.2) is 23.3 Å². The van der Waals surface area contributed by atoms with Crippen molar-refractivity contribution in [2.24, 2.45) is 0 Å². The van der Waals surface area contributed by atoms with E-state index in [-0.39, 0.29) is 18.4 Å². The van der Waals surface area contributed by atoms with Gasteiger partial charge >= 0.3 is 0 Å². The number of hydrogen-bond acceptors (Lipinski definition) is 3. The van der Waals surface area contributed by atoms with Crippen LogP contribution in [0.3, 0.4) is 0 Å². The summed E-state index contributed by atoms with van der Waals surface area (Å²) in [5.41, 5.74) is 2.68. The van der Waals surface area contributed by atoms with Crippen LogP contribution < -0.4 is 10.2 Å². The third kappa shape index (κ3) is 2.67. The van der Waals surface area contributed by atoms with Crippen molar-refractivity contribution in [3.8, 4) is 0 Å². The monoisotopic (exact) mass is 345 g/mol. The number of anilines is 2. The highest BCUT2D eigenvalue weighted by Gasteiger charge is 2.27. The van der Waals surface area contributed by atoms with Gasteiger partial charge in [0.2, 0.25) is 5.91 Å². The number of fused-ring (bicyclic) bond motifs is 1. The largest absolute Gasteiger partial charge is 0.323 e. The lowest BCUT2D eigenvalue weighted by Crippen LogP contribution is -2.42. The number of rotatable bonds is 1. The fourth-order valence-corrected chi connectivity index (χ4v) is 2.63. The number of hydrogen-bond donors (Lipinski definition) is 1. The molecule has 0 spiro atoms. The molecule has 0 saturated heterocycles. The maximum absolute atomic E-state index is 12.6. The van der Waals surface area contributed by atoms with E-state index in [1.165, 1.54) is 11.1 Å². The predicted octanol–water partition coefficient (Wildman–Crippen LogP) is 2.75. The molecule has 0 radical (unpaired) electrons. The predicted molar refractivity (Wildman–Crippen MR) is 83.4 cm³/mol. The molecule has 0 aliphatic carbocycles. The zero-order chi connectivity index (χ0) is 15.0. The average molecular weight is 346 g/mol. The van der Waals surface area contributed by atoms with E-state index < -0.39 is 0 Å². The molecule has 21 heavy (non-hydrogen) atoms. The SMILES string of the molecule is Cc1cncc(C(=O)N2CC(=O)Nc3cc(Br)ccc32)c1. The van der Waals surface area contributed by atoms with Crippen molar-refractivity contribution >= 4 is 39.1 Å². The number of halogens is 1. The molecule has 1 aliphatic heterocycles. The highest BCUT2D eigenvalue weighted by Crippen LogP contribution is 2.32. The molecule has 2 amide bonds. The Labute approximate surface area is 130 Å². The summed E-state index contributed by atoms with van der Waals surface area (Å²) in [4.78, 5) is 30.0. The van der Waals surface area contributed by atoms with Crippen LogP contribution in [0, 0.1) is 6.92 Å². The van der Waals surface area contributed by atoms with Crippen LogP contribution in [0.5, 0.6) is 0 Å². The topological polar surface area (TPSA) is 62.3 Å². The number of carbonyl (C=O) groups is 2. The molecular formula is C15H12BrN3O2. The number of carbonyl (C=O) groups excluding carboxylic acids is 2. The fourth-order valence-electron chi connectivity index (χ4n) is 2.27. The molecule has 3 rings (SSSR count). The Morgan fingerprint density at radius 1 is 1.33 bits per heavy atom. The Morgan fingerprint density at radius 3 is 2.90 bits per heavy atom. The smallest absolute Gasteiger partial charge is 0.260 e. The van der Waals surface area contributed by atoms with E-state index >= 15 is 0 Å². The number of aromatic nitrogens is 1. The molecule has 0 bridgehead atoms. The van der Waals surface area contributed by atoms with Crippen molar-refractivity contribution in [1.29, 1.82) is 0 Å². The maximum atomic E-state index is 12.6. The van der Waals surface area contributed by atoms with Crippen LogP contribution >= 0.6 is 15.9 Å². The van der Waals surface area contributed by atoms with Crippen molar-refractivity contribution in [3.63, 3.8) is 0 Å². The molecular weight excluding hydrogens is 334 g/mol. The summed E-state index contributed by atoms with van der Waals surface area (Å²) in [5, 5.41) is 2.77. The second-order valence-electron chi connectivity index (χ2n) is 4.85. The van der Waals surface area contributed by atoms with Gasteiger partial charge in [-0.1, -0.05) is 15.9 Å². The number of benzene rings is 1. The molecule has 1 aromatic heterocycles. The second kappa shape index (κ2) is 5.29. The summed E-state index contributed by atoms with van der Waals surface area (Å²) in [7, 11) is 0. The molecule has 0 saturated carbocycles. The molecule has 1 aliphatic rings. The molecule has 0 unspecified atom stereocenters. The van der Waals surface area contributed by atoms with Gasteiger partial charge in [0.1, 0.15) is 6.54 Å². The number of nitrogens with one attached hydrogen (secondary N) is 1.